The third kappa shape index (κ3) is 15.3. The van der Waals surface area contributed by atoms with E-state index in [0.29, 0.717) is 0 Å². The molecule has 3 atom stereocenters. The quantitative estimate of drug-likeness (QED) is 0.156. The van der Waals surface area contributed by atoms with E-state index in [-0.39, 0.29) is 30.8 Å². The zero-order valence-electron chi connectivity index (χ0n) is 31.0. The van der Waals surface area contributed by atoms with Gasteiger partial charge >= 0.3 is 53.7 Å². The number of hydrogen-bond acceptors (Lipinski definition) is 18. The zero-order valence-corrected chi connectivity index (χ0v) is 31.0. The van der Waals surface area contributed by atoms with Gasteiger partial charge in [0.2, 0.25) is 18.3 Å². The van der Waals surface area contributed by atoms with Crippen molar-refractivity contribution < 1.29 is 85.8 Å². The molecule has 18 heteroatoms. The van der Waals surface area contributed by atoms with E-state index in [2.05, 4.69) is 33.9 Å². The third-order valence-electron chi connectivity index (χ3n) is 6.95. The van der Waals surface area contributed by atoms with E-state index in [1.54, 1.807) is 41.5 Å². The molecule has 3 fully saturated rings. The smallest absolute Gasteiger partial charge is 0.348 e. The molecule has 0 amide bonds. The molecule has 3 saturated heterocycles. The molecular formula is C35H46O18. The molecule has 53 heavy (non-hydrogen) atoms. The van der Waals surface area contributed by atoms with Crippen molar-refractivity contribution in [2.45, 2.75) is 85.7 Å². The summed E-state index contributed by atoms with van der Waals surface area (Å²) in [5.41, 5.74) is -1.43. The van der Waals surface area contributed by atoms with Crippen molar-refractivity contribution in [2.75, 3.05) is 33.0 Å². The molecular weight excluding hydrogens is 708 g/mol. The average Bonchev–Trinajstić information content (AvgIpc) is 3.59. The van der Waals surface area contributed by atoms with Crippen LogP contribution in [0.15, 0.2) is 37.0 Å². The normalized spacial score (nSPS) is 21.2. The van der Waals surface area contributed by atoms with Gasteiger partial charge in [0, 0.05) is 34.5 Å². The minimum absolute atomic E-state index is 0.184. The summed E-state index contributed by atoms with van der Waals surface area (Å²) in [5, 5.41) is 0. The molecule has 3 unspecified atom stereocenters. The molecule has 0 N–H and O–H groups in total. The second-order valence-corrected chi connectivity index (χ2v) is 13.8. The molecule has 18 nitrogen and oxygen atoms in total. The van der Waals surface area contributed by atoms with E-state index < -0.39 is 108 Å². The highest BCUT2D eigenvalue weighted by molar-refractivity contribution is 5.90. The molecule has 3 rings (SSSR count). The molecule has 0 aromatic rings. The van der Waals surface area contributed by atoms with Crippen LogP contribution in [0.4, 0.5) is 0 Å². The predicted octanol–water partition coefficient (Wildman–Crippen LogP) is 1.55. The van der Waals surface area contributed by atoms with Gasteiger partial charge in [0.15, 0.2) is 19.8 Å². The Labute approximate surface area is 306 Å². The highest BCUT2D eigenvalue weighted by atomic mass is 16.6. The van der Waals surface area contributed by atoms with Crippen LogP contribution in [0.25, 0.3) is 0 Å². The maximum absolute atomic E-state index is 11.4. The Balaban J connectivity index is 0.000000398. The monoisotopic (exact) mass is 754 g/mol. The Morgan fingerprint density at radius 1 is 0.660 bits per heavy atom. The standard InChI is InChI=1S/2C12H16O6.C11H14O6/c1-7(2)10(14)16-5-8(13)18-9-11(15)17-6-12(9,3)4;1-7(2)10(14)16-6-9(13)17-8-5-12(3,4)18-11(8)15;1-4-7(12)15-5-8(13)17-9-10(14)16-6-11(9,2)3/h9H,1,5-6H2,2-4H3;8H,1,5-6H2,2-4H3;4,9H,1,5-6H2,2-3H3. The number of carbonyl (C=O) groups is 9. The summed E-state index contributed by atoms with van der Waals surface area (Å²) in [6, 6.07) is 0. The van der Waals surface area contributed by atoms with Crippen LogP contribution in [-0.2, 0) is 85.8 Å². The van der Waals surface area contributed by atoms with Crippen LogP contribution in [0.3, 0.4) is 0 Å². The van der Waals surface area contributed by atoms with Crippen molar-refractivity contribution >= 4 is 53.7 Å². The van der Waals surface area contributed by atoms with E-state index in [1.165, 1.54) is 13.8 Å². The van der Waals surface area contributed by atoms with Crippen molar-refractivity contribution in [3.05, 3.63) is 37.0 Å². The summed E-state index contributed by atoms with van der Waals surface area (Å²) in [4.78, 5) is 101. The second kappa shape index (κ2) is 19.3. The fourth-order valence-electron chi connectivity index (χ4n) is 4.08. The first-order chi connectivity index (χ1) is 24.3. The van der Waals surface area contributed by atoms with Gasteiger partial charge in [-0.05, 0) is 27.7 Å². The second-order valence-electron chi connectivity index (χ2n) is 13.8. The third-order valence-corrected chi connectivity index (χ3v) is 6.95. The van der Waals surface area contributed by atoms with Crippen molar-refractivity contribution in [1.82, 2.24) is 0 Å². The van der Waals surface area contributed by atoms with Crippen molar-refractivity contribution in [3.8, 4) is 0 Å². The van der Waals surface area contributed by atoms with Gasteiger partial charge < -0.3 is 42.6 Å². The van der Waals surface area contributed by atoms with Gasteiger partial charge in [0.05, 0.1) is 0 Å². The lowest BCUT2D eigenvalue weighted by atomic mass is 9.90. The minimum atomic E-state index is -0.964. The number of carbonyl (C=O) groups excluding carboxylic acids is 9. The predicted molar refractivity (Wildman–Crippen MR) is 177 cm³/mol. The Hall–Kier alpha value is -5.55. The molecule has 0 aromatic heterocycles. The van der Waals surface area contributed by atoms with Gasteiger partial charge in [-0.3, -0.25) is 0 Å². The lowest BCUT2D eigenvalue weighted by molar-refractivity contribution is -0.168. The molecule has 294 valence electrons. The van der Waals surface area contributed by atoms with E-state index in [1.807, 2.05) is 0 Å². The van der Waals surface area contributed by atoms with Gasteiger partial charge in [0.1, 0.15) is 18.8 Å². The van der Waals surface area contributed by atoms with Crippen LogP contribution < -0.4 is 0 Å². The van der Waals surface area contributed by atoms with Gasteiger partial charge in [-0.15, -0.1) is 0 Å². The maximum Gasteiger partial charge on any atom is 0.348 e. The van der Waals surface area contributed by atoms with Gasteiger partial charge in [-0.1, -0.05) is 47.4 Å². The van der Waals surface area contributed by atoms with E-state index in [0.717, 1.165) is 6.08 Å². The molecule has 0 spiro atoms. The van der Waals surface area contributed by atoms with Crippen LogP contribution in [-0.4, -0.2) is 111 Å². The molecule has 3 heterocycles. The number of esters is 9. The van der Waals surface area contributed by atoms with Crippen LogP contribution in [0.1, 0.15) is 61.8 Å². The van der Waals surface area contributed by atoms with Crippen LogP contribution in [0.2, 0.25) is 0 Å². The summed E-state index contributed by atoms with van der Waals surface area (Å²) in [7, 11) is 0. The van der Waals surface area contributed by atoms with E-state index >= 15 is 0 Å². The fourth-order valence-corrected chi connectivity index (χ4v) is 4.08. The van der Waals surface area contributed by atoms with Crippen molar-refractivity contribution in [3.63, 3.8) is 0 Å². The number of ether oxygens (including phenoxy) is 9. The average molecular weight is 755 g/mol. The first kappa shape index (κ1) is 45.5. The lowest BCUT2D eigenvalue weighted by Crippen LogP contribution is -2.36. The zero-order chi connectivity index (χ0) is 40.9. The Bertz CT molecular complexity index is 1500. The fraction of sp³-hybridized carbons (Fsp3) is 0.571. The van der Waals surface area contributed by atoms with Gasteiger partial charge in [-0.25, -0.2) is 43.2 Å². The maximum atomic E-state index is 11.4. The Morgan fingerprint density at radius 2 is 1.04 bits per heavy atom. The van der Waals surface area contributed by atoms with Crippen LogP contribution in [0, 0.1) is 10.8 Å². The molecule has 0 radical (unpaired) electrons. The van der Waals surface area contributed by atoms with Crippen molar-refractivity contribution in [2.24, 2.45) is 10.8 Å². The molecule has 0 saturated carbocycles. The molecule has 3 aliphatic rings. The Morgan fingerprint density at radius 3 is 1.34 bits per heavy atom. The molecule has 0 bridgehead atoms. The largest absolute Gasteiger partial charge is 0.462 e. The van der Waals surface area contributed by atoms with Crippen molar-refractivity contribution in [1.29, 1.82) is 0 Å². The summed E-state index contributed by atoms with van der Waals surface area (Å²) in [5.74, 6) is -6.21. The molecule has 0 aromatic carbocycles. The topological polar surface area (TPSA) is 237 Å². The highest BCUT2D eigenvalue weighted by Crippen LogP contribution is 2.32. The SMILES string of the molecule is C=C(C)C(=O)OCC(=O)OC1C(=O)OCC1(C)C.C=C(C)C(=O)OCC(=O)OC1CC(C)(C)OC1=O.C=CC(=O)OCC(=O)OC1C(=O)OCC1(C)C. The first-order valence-corrected chi connectivity index (χ1v) is 15.9. The van der Waals surface area contributed by atoms with E-state index in [4.69, 9.17) is 28.4 Å². The van der Waals surface area contributed by atoms with Crippen LogP contribution in [0.5, 0.6) is 0 Å². The molecule has 3 aliphatic heterocycles. The van der Waals surface area contributed by atoms with Gasteiger partial charge in [-0.2, -0.15) is 0 Å². The van der Waals surface area contributed by atoms with Gasteiger partial charge in [0.25, 0.3) is 0 Å². The Kier molecular flexibility index (Phi) is 16.6. The lowest BCUT2D eigenvalue weighted by Gasteiger charge is -2.21. The number of cyclic esters (lactones) is 3. The minimum Gasteiger partial charge on any atom is -0.462 e. The summed E-state index contributed by atoms with van der Waals surface area (Å²) in [6.45, 7) is 22.0. The number of rotatable bonds is 12. The molecule has 0 aliphatic carbocycles. The summed E-state index contributed by atoms with van der Waals surface area (Å²) < 4.78 is 43.0. The first-order valence-electron chi connectivity index (χ1n) is 15.9. The highest BCUT2D eigenvalue weighted by Gasteiger charge is 2.47. The van der Waals surface area contributed by atoms with E-state index in [9.17, 15) is 43.2 Å². The van der Waals surface area contributed by atoms with Crippen LogP contribution >= 0.6 is 0 Å². The summed E-state index contributed by atoms with van der Waals surface area (Å²) in [6.07, 6.45) is -1.64. The summed E-state index contributed by atoms with van der Waals surface area (Å²) >= 11 is 0. The number of hydrogen-bond donors (Lipinski definition) is 0.